The molecule has 0 saturated carbocycles. The number of carbonyl (C=O) groups is 1. The van der Waals surface area contributed by atoms with Crippen molar-refractivity contribution in [3.05, 3.63) is 64.4 Å². The van der Waals surface area contributed by atoms with Gasteiger partial charge in [-0.15, -0.1) is 0 Å². The average Bonchev–Trinajstić information content (AvgIpc) is 2.65. The van der Waals surface area contributed by atoms with E-state index >= 15 is 0 Å². The van der Waals surface area contributed by atoms with Crippen molar-refractivity contribution >= 4 is 17.5 Å². The summed E-state index contributed by atoms with van der Waals surface area (Å²) >= 11 is 5.92. The Morgan fingerprint density at radius 2 is 1.92 bits per heavy atom. The van der Waals surface area contributed by atoms with E-state index in [0.717, 1.165) is 37.5 Å². The third-order valence-electron chi connectivity index (χ3n) is 4.82. The van der Waals surface area contributed by atoms with E-state index in [1.165, 1.54) is 29.7 Å². The van der Waals surface area contributed by atoms with Crippen LogP contribution in [-0.4, -0.2) is 32.1 Å². The molecule has 6 heteroatoms. The van der Waals surface area contributed by atoms with Crippen LogP contribution in [0.15, 0.2) is 42.5 Å². The van der Waals surface area contributed by atoms with Crippen molar-refractivity contribution in [1.29, 1.82) is 0 Å². The zero-order valence-corrected chi connectivity index (χ0v) is 15.5. The lowest BCUT2D eigenvalue weighted by atomic mass is 10.0. The van der Waals surface area contributed by atoms with Crippen molar-refractivity contribution in [2.75, 3.05) is 20.2 Å². The smallest absolute Gasteiger partial charge is 0.254 e. The van der Waals surface area contributed by atoms with Crippen LogP contribution < -0.4 is 15.0 Å². The van der Waals surface area contributed by atoms with Crippen molar-refractivity contribution in [1.82, 2.24) is 5.32 Å². The molecule has 0 radical (unpaired) electrons. The number of methoxy groups -OCH3 is 1. The Morgan fingerprint density at radius 1 is 1.23 bits per heavy atom. The lowest BCUT2D eigenvalue weighted by molar-refractivity contribution is -0.918. The van der Waals surface area contributed by atoms with Crippen LogP contribution in [0.2, 0.25) is 5.02 Å². The molecule has 4 nitrogen and oxygen atoms in total. The van der Waals surface area contributed by atoms with Gasteiger partial charge in [0.1, 0.15) is 18.1 Å². The molecule has 26 heavy (non-hydrogen) atoms. The Labute approximate surface area is 157 Å². The monoisotopic (exact) mass is 377 g/mol. The topological polar surface area (TPSA) is 42.8 Å². The van der Waals surface area contributed by atoms with Gasteiger partial charge in [-0.3, -0.25) is 4.79 Å². The van der Waals surface area contributed by atoms with Crippen LogP contribution in [0, 0.1) is 5.82 Å². The third kappa shape index (κ3) is 4.74. The van der Waals surface area contributed by atoms with Crippen molar-refractivity contribution < 1.29 is 18.8 Å². The second-order valence-corrected chi connectivity index (χ2v) is 7.08. The van der Waals surface area contributed by atoms with Crippen LogP contribution in [0.5, 0.6) is 5.75 Å². The normalized spacial score (nSPS) is 19.8. The molecule has 3 rings (SSSR count). The van der Waals surface area contributed by atoms with Gasteiger partial charge in [-0.2, -0.15) is 0 Å². The number of quaternary nitrogens is 1. The molecule has 0 atom stereocenters. The van der Waals surface area contributed by atoms with Gasteiger partial charge in [-0.05, 0) is 24.3 Å². The molecule has 0 aromatic heterocycles. The SMILES string of the molecule is COc1ccc(C(=O)NC2CC[NH+](Cc3ccc(Cl)cc3)CC2)c(F)c1. The number of amides is 1. The quantitative estimate of drug-likeness (QED) is 0.840. The highest BCUT2D eigenvalue weighted by Crippen LogP contribution is 2.16. The summed E-state index contributed by atoms with van der Waals surface area (Å²) in [6.07, 6.45) is 1.76. The number of rotatable bonds is 5. The lowest BCUT2D eigenvalue weighted by Gasteiger charge is -2.30. The van der Waals surface area contributed by atoms with Crippen LogP contribution in [0.4, 0.5) is 4.39 Å². The molecular formula is C20H23ClFN2O2+. The first kappa shape index (κ1) is 18.7. The standard InChI is InChI=1S/C20H22ClFN2O2/c1-26-17-6-7-18(19(22)12-17)20(25)23-16-8-10-24(11-9-16)13-14-2-4-15(21)5-3-14/h2-7,12,16H,8-11,13H2,1H3,(H,23,25)/p+1. The van der Waals surface area contributed by atoms with Gasteiger partial charge in [-0.25, -0.2) is 4.39 Å². The van der Waals surface area contributed by atoms with E-state index < -0.39 is 5.82 Å². The Morgan fingerprint density at radius 3 is 2.54 bits per heavy atom. The maximum atomic E-state index is 14.0. The second kappa shape index (κ2) is 8.52. The Bertz CT molecular complexity index is 759. The number of piperidine rings is 1. The molecule has 0 bridgehead atoms. The summed E-state index contributed by atoms with van der Waals surface area (Å²) in [5.74, 6) is -0.526. The highest BCUT2D eigenvalue weighted by molar-refractivity contribution is 6.30. The molecule has 2 aromatic rings. The number of carbonyl (C=O) groups excluding carboxylic acids is 1. The maximum Gasteiger partial charge on any atom is 0.254 e. The first-order valence-corrected chi connectivity index (χ1v) is 9.15. The molecule has 138 valence electrons. The number of benzene rings is 2. The second-order valence-electron chi connectivity index (χ2n) is 6.65. The fraction of sp³-hybridized carbons (Fsp3) is 0.350. The summed E-state index contributed by atoms with van der Waals surface area (Å²) < 4.78 is 19.0. The number of hydrogen-bond acceptors (Lipinski definition) is 2. The summed E-state index contributed by atoms with van der Waals surface area (Å²) in [5, 5.41) is 3.70. The highest BCUT2D eigenvalue weighted by Gasteiger charge is 2.24. The molecule has 1 aliphatic rings. The summed E-state index contributed by atoms with van der Waals surface area (Å²) in [6, 6.07) is 12.3. The minimum absolute atomic E-state index is 0.0572. The first-order chi connectivity index (χ1) is 12.5. The van der Waals surface area contributed by atoms with E-state index in [1.54, 1.807) is 6.07 Å². The summed E-state index contributed by atoms with van der Waals surface area (Å²) in [6.45, 7) is 2.89. The van der Waals surface area contributed by atoms with E-state index in [-0.39, 0.29) is 17.5 Å². The van der Waals surface area contributed by atoms with Gasteiger partial charge in [0.2, 0.25) is 0 Å². The van der Waals surface area contributed by atoms with E-state index in [0.29, 0.717) is 5.75 Å². The number of nitrogens with one attached hydrogen (secondary N) is 2. The van der Waals surface area contributed by atoms with Crippen LogP contribution in [0.1, 0.15) is 28.8 Å². The molecule has 1 fully saturated rings. The summed E-state index contributed by atoms with van der Waals surface area (Å²) in [7, 11) is 1.47. The number of ether oxygens (including phenoxy) is 1. The van der Waals surface area contributed by atoms with Crippen molar-refractivity contribution in [2.45, 2.75) is 25.4 Å². The van der Waals surface area contributed by atoms with Crippen LogP contribution in [0.3, 0.4) is 0 Å². The first-order valence-electron chi connectivity index (χ1n) is 8.77. The molecular weight excluding hydrogens is 355 g/mol. The van der Waals surface area contributed by atoms with Gasteiger partial charge >= 0.3 is 0 Å². The van der Waals surface area contributed by atoms with E-state index in [9.17, 15) is 9.18 Å². The summed E-state index contributed by atoms with van der Waals surface area (Å²) in [4.78, 5) is 13.8. The fourth-order valence-corrected chi connectivity index (χ4v) is 3.43. The average molecular weight is 378 g/mol. The summed E-state index contributed by atoms with van der Waals surface area (Å²) in [5.41, 5.74) is 1.31. The number of halogens is 2. The van der Waals surface area contributed by atoms with Gasteiger partial charge in [0.25, 0.3) is 5.91 Å². The van der Waals surface area contributed by atoms with Crippen molar-refractivity contribution in [3.8, 4) is 5.75 Å². The number of hydrogen-bond donors (Lipinski definition) is 2. The van der Waals surface area contributed by atoms with Gasteiger partial charge < -0.3 is 15.0 Å². The van der Waals surface area contributed by atoms with Crippen LogP contribution in [0.25, 0.3) is 0 Å². The molecule has 0 aliphatic carbocycles. The van der Waals surface area contributed by atoms with E-state index in [2.05, 4.69) is 17.4 Å². The minimum Gasteiger partial charge on any atom is -0.497 e. The van der Waals surface area contributed by atoms with Crippen molar-refractivity contribution in [2.24, 2.45) is 0 Å². The molecule has 0 spiro atoms. The largest absolute Gasteiger partial charge is 0.497 e. The van der Waals surface area contributed by atoms with Gasteiger partial charge in [0.05, 0.1) is 25.8 Å². The fourth-order valence-electron chi connectivity index (χ4n) is 3.31. The minimum atomic E-state index is -0.562. The zero-order chi connectivity index (χ0) is 18.5. The predicted molar refractivity (Wildman–Crippen MR) is 99.3 cm³/mol. The molecule has 0 unspecified atom stereocenters. The Balaban J connectivity index is 1.50. The molecule has 2 aromatic carbocycles. The molecule has 1 saturated heterocycles. The Kier molecular flexibility index (Phi) is 6.12. The highest BCUT2D eigenvalue weighted by atomic mass is 35.5. The van der Waals surface area contributed by atoms with Gasteiger partial charge in [0, 0.05) is 35.5 Å². The zero-order valence-electron chi connectivity index (χ0n) is 14.7. The molecule has 1 heterocycles. The third-order valence-corrected chi connectivity index (χ3v) is 5.07. The van der Waals surface area contributed by atoms with Crippen LogP contribution >= 0.6 is 11.6 Å². The van der Waals surface area contributed by atoms with Crippen LogP contribution in [-0.2, 0) is 6.54 Å². The maximum absolute atomic E-state index is 14.0. The predicted octanol–water partition coefficient (Wildman–Crippen LogP) is 2.47. The van der Waals surface area contributed by atoms with Crippen molar-refractivity contribution in [3.63, 3.8) is 0 Å². The molecule has 1 aliphatic heterocycles. The lowest BCUT2D eigenvalue weighted by Crippen LogP contribution is -3.12. The number of likely N-dealkylation sites (tertiary alicyclic amines) is 1. The molecule has 1 amide bonds. The Hall–Kier alpha value is -2.11. The van der Waals surface area contributed by atoms with E-state index in [1.807, 2.05) is 12.1 Å². The van der Waals surface area contributed by atoms with Gasteiger partial charge in [0.15, 0.2) is 0 Å². The van der Waals surface area contributed by atoms with Gasteiger partial charge in [-0.1, -0.05) is 23.7 Å². The molecule has 2 N–H and O–H groups in total. The van der Waals surface area contributed by atoms with E-state index in [4.69, 9.17) is 16.3 Å².